The van der Waals surface area contributed by atoms with Gasteiger partial charge in [-0.3, -0.25) is 0 Å². The van der Waals surface area contributed by atoms with Crippen LogP contribution in [0.2, 0.25) is 10.3 Å². The average molecular weight is 358 g/mol. The normalized spacial score (nSPS) is 18.2. The zero-order valence-corrected chi connectivity index (χ0v) is 13.1. The van der Waals surface area contributed by atoms with Gasteiger partial charge in [0.25, 0.3) is 0 Å². The Labute approximate surface area is 130 Å². The van der Waals surface area contributed by atoms with Crippen LogP contribution in [0.15, 0.2) is 28.7 Å². The molecule has 1 atom stereocenters. The lowest BCUT2D eigenvalue weighted by atomic mass is 9.82. The monoisotopic (exact) mass is 356 g/mol. The fourth-order valence-corrected chi connectivity index (χ4v) is 3.17. The molecule has 0 bridgehead atoms. The molecule has 0 amide bonds. The van der Waals surface area contributed by atoms with E-state index in [2.05, 4.69) is 50.2 Å². The van der Waals surface area contributed by atoms with Crippen molar-refractivity contribution in [3.63, 3.8) is 0 Å². The van der Waals surface area contributed by atoms with Gasteiger partial charge in [0.05, 0.1) is 4.47 Å². The maximum atomic E-state index is 6.08. The van der Waals surface area contributed by atoms with E-state index in [-0.39, 0.29) is 5.92 Å². The quantitative estimate of drug-likeness (QED) is 0.670. The summed E-state index contributed by atoms with van der Waals surface area (Å²) in [6, 6.07) is 8.44. The predicted octanol–water partition coefficient (Wildman–Crippen LogP) is 5.01. The molecule has 0 fully saturated rings. The van der Waals surface area contributed by atoms with Crippen LogP contribution in [0.5, 0.6) is 0 Å². The summed E-state index contributed by atoms with van der Waals surface area (Å²) in [5, 5.41) is 0.746. The van der Waals surface area contributed by atoms with Gasteiger partial charge >= 0.3 is 0 Å². The van der Waals surface area contributed by atoms with E-state index in [9.17, 15) is 0 Å². The lowest BCUT2D eigenvalue weighted by Crippen LogP contribution is -2.14. The van der Waals surface area contributed by atoms with Crippen molar-refractivity contribution in [1.82, 2.24) is 9.97 Å². The number of aromatic nitrogens is 2. The smallest absolute Gasteiger partial charge is 0.148 e. The second-order valence-electron chi connectivity index (χ2n) is 4.62. The topological polar surface area (TPSA) is 25.8 Å². The van der Waals surface area contributed by atoms with Crippen molar-refractivity contribution in [2.45, 2.75) is 25.2 Å². The molecule has 0 N–H and O–H groups in total. The minimum atomic E-state index is 0.188. The largest absolute Gasteiger partial charge is 0.219 e. The Morgan fingerprint density at radius 3 is 2.53 bits per heavy atom. The van der Waals surface area contributed by atoms with Crippen LogP contribution in [0, 0.1) is 0 Å². The average Bonchev–Trinajstić information content (AvgIpc) is 2.43. The summed E-state index contributed by atoms with van der Waals surface area (Å²) < 4.78 is 0.559. The van der Waals surface area contributed by atoms with Gasteiger partial charge in [0.15, 0.2) is 0 Å². The number of aryl methyl sites for hydroxylation is 1. The van der Waals surface area contributed by atoms with E-state index in [1.54, 1.807) is 0 Å². The predicted molar refractivity (Wildman–Crippen MR) is 81.0 cm³/mol. The summed E-state index contributed by atoms with van der Waals surface area (Å²) in [6.07, 6.45) is 3.28. The number of halogens is 3. The van der Waals surface area contributed by atoms with Crippen molar-refractivity contribution in [2.75, 3.05) is 0 Å². The van der Waals surface area contributed by atoms with E-state index in [1.807, 2.05) is 0 Å². The van der Waals surface area contributed by atoms with Gasteiger partial charge in [0.1, 0.15) is 16.1 Å². The molecule has 98 valence electrons. The summed E-state index contributed by atoms with van der Waals surface area (Å²) in [7, 11) is 0. The highest BCUT2D eigenvalue weighted by Crippen LogP contribution is 2.37. The van der Waals surface area contributed by atoms with E-state index >= 15 is 0 Å². The van der Waals surface area contributed by atoms with Crippen LogP contribution in [0.4, 0.5) is 0 Å². The third-order valence-corrected chi connectivity index (χ3v) is 5.22. The van der Waals surface area contributed by atoms with Crippen LogP contribution in [0.25, 0.3) is 0 Å². The maximum Gasteiger partial charge on any atom is 0.148 e. The number of nitrogens with zero attached hydrogens (tertiary/aromatic N) is 2. The van der Waals surface area contributed by atoms with Crippen LogP contribution in [-0.4, -0.2) is 9.97 Å². The SMILES string of the molecule is Clc1nc(C2CCCc3ccccc32)nc(Cl)c1Br. The standard InChI is InChI=1S/C14H11BrCl2N2/c15-11-12(16)18-14(19-13(11)17)10-7-3-5-8-4-1-2-6-9(8)10/h1-2,4,6,10H,3,5,7H2. The van der Waals surface area contributed by atoms with Crippen LogP contribution in [-0.2, 0) is 6.42 Å². The Hall–Kier alpha value is -0.640. The molecule has 1 aliphatic carbocycles. The van der Waals surface area contributed by atoms with Crippen molar-refractivity contribution in [1.29, 1.82) is 0 Å². The lowest BCUT2D eigenvalue weighted by Gasteiger charge is -2.24. The van der Waals surface area contributed by atoms with Gasteiger partial charge in [-0.25, -0.2) is 9.97 Å². The molecule has 1 unspecified atom stereocenters. The summed E-state index contributed by atoms with van der Waals surface area (Å²) in [4.78, 5) is 8.76. The number of hydrogen-bond acceptors (Lipinski definition) is 2. The van der Waals surface area contributed by atoms with Crippen LogP contribution in [0.1, 0.15) is 35.7 Å². The molecule has 19 heavy (non-hydrogen) atoms. The second-order valence-corrected chi connectivity index (χ2v) is 6.13. The Kier molecular flexibility index (Phi) is 3.79. The zero-order valence-electron chi connectivity index (χ0n) is 10.0. The highest BCUT2D eigenvalue weighted by molar-refractivity contribution is 9.10. The van der Waals surface area contributed by atoms with Crippen LogP contribution in [0.3, 0.4) is 0 Å². The fourth-order valence-electron chi connectivity index (χ4n) is 2.59. The highest BCUT2D eigenvalue weighted by atomic mass is 79.9. The van der Waals surface area contributed by atoms with Gasteiger partial charge in [-0.2, -0.15) is 0 Å². The van der Waals surface area contributed by atoms with E-state index in [4.69, 9.17) is 23.2 Å². The molecule has 1 aromatic carbocycles. The number of rotatable bonds is 1. The molecule has 0 saturated carbocycles. The molecule has 1 aromatic heterocycles. The number of hydrogen-bond donors (Lipinski definition) is 0. The Morgan fingerprint density at radius 1 is 1.11 bits per heavy atom. The summed E-state index contributed by atoms with van der Waals surface area (Å²) in [5.74, 6) is 0.901. The summed E-state index contributed by atoms with van der Waals surface area (Å²) in [5.41, 5.74) is 2.67. The minimum absolute atomic E-state index is 0.188. The van der Waals surface area contributed by atoms with Crippen molar-refractivity contribution in [2.24, 2.45) is 0 Å². The molecule has 1 aliphatic rings. The lowest BCUT2D eigenvalue weighted by molar-refractivity contribution is 0.590. The fraction of sp³-hybridized carbons (Fsp3) is 0.286. The molecule has 0 spiro atoms. The van der Waals surface area contributed by atoms with Crippen molar-refractivity contribution < 1.29 is 0 Å². The molecule has 3 rings (SSSR count). The van der Waals surface area contributed by atoms with Gasteiger partial charge in [-0.1, -0.05) is 47.5 Å². The van der Waals surface area contributed by atoms with Gasteiger partial charge in [-0.05, 0) is 46.3 Å². The molecule has 2 aromatic rings. The van der Waals surface area contributed by atoms with Crippen molar-refractivity contribution in [3.8, 4) is 0 Å². The van der Waals surface area contributed by atoms with Crippen molar-refractivity contribution in [3.05, 3.63) is 56.0 Å². The molecule has 2 nitrogen and oxygen atoms in total. The van der Waals surface area contributed by atoms with Gasteiger partial charge in [0.2, 0.25) is 0 Å². The summed E-state index contributed by atoms with van der Waals surface area (Å²) >= 11 is 15.4. The van der Waals surface area contributed by atoms with Gasteiger partial charge in [0, 0.05) is 5.92 Å². The maximum absolute atomic E-state index is 6.08. The first-order valence-corrected chi connectivity index (χ1v) is 7.68. The Balaban J connectivity index is 2.09. The second kappa shape index (κ2) is 5.39. The third kappa shape index (κ3) is 2.51. The number of fused-ring (bicyclic) bond motifs is 1. The minimum Gasteiger partial charge on any atom is -0.219 e. The van der Waals surface area contributed by atoms with E-state index in [0.717, 1.165) is 19.3 Å². The molecular formula is C14H11BrCl2N2. The third-order valence-electron chi connectivity index (χ3n) is 3.47. The number of benzene rings is 1. The summed E-state index contributed by atoms with van der Waals surface area (Å²) in [6.45, 7) is 0. The van der Waals surface area contributed by atoms with Crippen LogP contribution >= 0.6 is 39.1 Å². The van der Waals surface area contributed by atoms with Crippen LogP contribution < -0.4 is 0 Å². The first-order valence-electron chi connectivity index (χ1n) is 6.13. The van der Waals surface area contributed by atoms with Gasteiger partial charge < -0.3 is 0 Å². The molecule has 5 heteroatoms. The molecule has 0 aliphatic heterocycles. The van der Waals surface area contributed by atoms with E-state index in [0.29, 0.717) is 20.6 Å². The first-order chi connectivity index (χ1) is 9.16. The molecule has 0 saturated heterocycles. The van der Waals surface area contributed by atoms with E-state index in [1.165, 1.54) is 11.1 Å². The molecular weight excluding hydrogens is 347 g/mol. The Bertz CT molecular complexity index is 608. The van der Waals surface area contributed by atoms with E-state index < -0.39 is 0 Å². The first kappa shape index (κ1) is 13.3. The Morgan fingerprint density at radius 2 is 1.79 bits per heavy atom. The van der Waals surface area contributed by atoms with Gasteiger partial charge in [-0.15, -0.1) is 0 Å². The molecule has 1 heterocycles. The molecule has 0 radical (unpaired) electrons. The highest BCUT2D eigenvalue weighted by Gasteiger charge is 2.25. The zero-order chi connectivity index (χ0) is 13.4. The van der Waals surface area contributed by atoms with Crippen molar-refractivity contribution >= 4 is 39.1 Å².